The number of nitrogens with zero attached hydrogens (tertiary/aromatic N) is 3. The Morgan fingerprint density at radius 1 is 1.10 bits per heavy atom. The lowest BCUT2D eigenvalue weighted by atomic mass is 9.82. The molecular formula is C33H42FN3O4. The molecule has 3 heterocycles. The van der Waals surface area contributed by atoms with E-state index in [1.54, 1.807) is 18.5 Å². The molecule has 7 nitrogen and oxygen atoms in total. The molecule has 4 rings (SSSR count). The quantitative estimate of drug-likeness (QED) is 0.298. The van der Waals surface area contributed by atoms with E-state index >= 15 is 0 Å². The van der Waals surface area contributed by atoms with Gasteiger partial charge in [0, 0.05) is 42.5 Å². The predicted octanol–water partition coefficient (Wildman–Crippen LogP) is 7.09. The first-order chi connectivity index (χ1) is 19.2. The topological polar surface area (TPSA) is 84.8 Å². The Bertz CT molecular complexity index is 1370. The maximum absolute atomic E-state index is 13.4. The molecule has 3 aromatic rings. The van der Waals surface area contributed by atoms with Gasteiger partial charge in [-0.05, 0) is 88.3 Å². The predicted molar refractivity (Wildman–Crippen MR) is 159 cm³/mol. The van der Waals surface area contributed by atoms with Crippen molar-refractivity contribution < 1.29 is 23.8 Å². The Morgan fingerprint density at radius 2 is 1.80 bits per heavy atom. The van der Waals surface area contributed by atoms with Crippen molar-refractivity contribution in [3.05, 3.63) is 70.9 Å². The van der Waals surface area contributed by atoms with E-state index in [1.165, 1.54) is 12.1 Å². The fraction of sp³-hybridized carbons (Fsp3) is 0.485. The van der Waals surface area contributed by atoms with Crippen LogP contribution in [0.2, 0.25) is 0 Å². The monoisotopic (exact) mass is 563 g/mol. The summed E-state index contributed by atoms with van der Waals surface area (Å²) in [7, 11) is 0. The van der Waals surface area contributed by atoms with Gasteiger partial charge in [-0.15, -0.1) is 0 Å². The van der Waals surface area contributed by atoms with Gasteiger partial charge >= 0.3 is 5.97 Å². The van der Waals surface area contributed by atoms with Crippen molar-refractivity contribution in [3.63, 3.8) is 0 Å². The largest absolute Gasteiger partial charge is 0.492 e. The van der Waals surface area contributed by atoms with E-state index in [9.17, 15) is 14.3 Å². The molecule has 1 saturated heterocycles. The summed E-state index contributed by atoms with van der Waals surface area (Å²) in [5.41, 5.74) is 4.94. The molecular weight excluding hydrogens is 521 g/mol. The van der Waals surface area contributed by atoms with Crippen molar-refractivity contribution in [3.8, 4) is 17.0 Å². The summed E-state index contributed by atoms with van der Waals surface area (Å²) in [5.74, 6) is -0.670. The van der Waals surface area contributed by atoms with Crippen LogP contribution in [0.1, 0.15) is 75.9 Å². The van der Waals surface area contributed by atoms with Gasteiger partial charge in [0.25, 0.3) is 0 Å². The van der Waals surface area contributed by atoms with Gasteiger partial charge in [-0.3, -0.25) is 9.97 Å². The minimum absolute atomic E-state index is 0.219. The molecule has 1 aliphatic rings. The smallest absolute Gasteiger partial charge is 0.337 e. The van der Waals surface area contributed by atoms with E-state index in [0.29, 0.717) is 35.7 Å². The number of rotatable bonds is 9. The first-order valence-electron chi connectivity index (χ1n) is 14.2. The van der Waals surface area contributed by atoms with Crippen molar-refractivity contribution in [1.29, 1.82) is 0 Å². The average molecular weight is 564 g/mol. The minimum atomic E-state index is -1.18. The molecule has 0 saturated carbocycles. The van der Waals surface area contributed by atoms with Crippen LogP contribution >= 0.6 is 0 Å². The number of carboxylic acid groups (broad SMARTS) is 1. The second-order valence-electron chi connectivity index (χ2n) is 12.7. The zero-order valence-corrected chi connectivity index (χ0v) is 25.3. The zero-order valence-electron chi connectivity index (χ0n) is 25.3. The standard InChI is InChI=1S/C33H42FN3O4/c1-21-18-24(34)9-8-23(21)12-17-40-25-10-11-27(36-19-25)26-20-35-22(2)28(30(31(38)39)41-32(3,4)5)29(26)37-15-13-33(6,7)14-16-37/h8-11,18-20,30H,12-17H2,1-7H3,(H,38,39)/t30-/m0/s1. The van der Waals surface area contributed by atoms with Crippen LogP contribution in [0, 0.1) is 25.1 Å². The highest BCUT2D eigenvalue weighted by atomic mass is 19.1. The summed E-state index contributed by atoms with van der Waals surface area (Å²) < 4.78 is 25.5. The van der Waals surface area contributed by atoms with Gasteiger partial charge in [-0.1, -0.05) is 19.9 Å². The van der Waals surface area contributed by atoms with Crippen molar-refractivity contribution in [2.75, 3.05) is 24.6 Å². The van der Waals surface area contributed by atoms with Crippen LogP contribution in [-0.4, -0.2) is 46.3 Å². The second-order valence-corrected chi connectivity index (χ2v) is 12.7. The van der Waals surface area contributed by atoms with Crippen molar-refractivity contribution in [1.82, 2.24) is 9.97 Å². The van der Waals surface area contributed by atoms with Crippen LogP contribution < -0.4 is 9.64 Å². The maximum Gasteiger partial charge on any atom is 0.337 e. The molecule has 0 radical (unpaired) electrons. The second kappa shape index (κ2) is 12.1. The molecule has 220 valence electrons. The van der Waals surface area contributed by atoms with E-state index in [2.05, 4.69) is 23.7 Å². The number of aryl methyl sites for hydroxylation is 2. The summed E-state index contributed by atoms with van der Waals surface area (Å²) in [6.45, 7) is 15.9. The van der Waals surface area contributed by atoms with Gasteiger partial charge in [0.05, 0.1) is 29.8 Å². The number of anilines is 1. The number of benzene rings is 1. The molecule has 1 fully saturated rings. The summed E-state index contributed by atoms with van der Waals surface area (Å²) in [6.07, 6.45) is 4.90. The third-order valence-electron chi connectivity index (χ3n) is 7.64. The Morgan fingerprint density at radius 3 is 2.39 bits per heavy atom. The molecule has 1 aliphatic heterocycles. The van der Waals surface area contributed by atoms with Crippen LogP contribution in [0.3, 0.4) is 0 Å². The summed E-state index contributed by atoms with van der Waals surface area (Å²) in [4.78, 5) is 24.2. The van der Waals surface area contributed by atoms with Crippen LogP contribution in [0.5, 0.6) is 5.75 Å². The lowest BCUT2D eigenvalue weighted by Gasteiger charge is -2.40. The first-order valence-corrected chi connectivity index (χ1v) is 14.2. The molecule has 1 aromatic carbocycles. The third-order valence-corrected chi connectivity index (χ3v) is 7.64. The maximum atomic E-state index is 13.4. The van der Waals surface area contributed by atoms with Crippen molar-refractivity contribution in [2.24, 2.45) is 5.41 Å². The minimum Gasteiger partial charge on any atom is -0.492 e. The summed E-state index contributed by atoms with van der Waals surface area (Å²) >= 11 is 0. The Hall–Kier alpha value is -3.52. The van der Waals surface area contributed by atoms with Gasteiger partial charge in [0.15, 0.2) is 6.10 Å². The number of aromatic nitrogens is 2. The Labute approximate surface area is 242 Å². The normalized spacial score (nSPS) is 16.0. The number of carbonyl (C=O) groups is 1. The molecule has 41 heavy (non-hydrogen) atoms. The van der Waals surface area contributed by atoms with Crippen LogP contribution in [0.4, 0.5) is 10.1 Å². The van der Waals surface area contributed by atoms with Crippen LogP contribution in [-0.2, 0) is 16.0 Å². The molecule has 0 unspecified atom stereocenters. The van der Waals surface area contributed by atoms with Gasteiger partial charge in [-0.2, -0.15) is 0 Å². The Kier molecular flexibility index (Phi) is 9.02. The van der Waals surface area contributed by atoms with E-state index in [4.69, 9.17) is 14.5 Å². The van der Waals surface area contributed by atoms with E-state index in [-0.39, 0.29) is 11.2 Å². The van der Waals surface area contributed by atoms with E-state index < -0.39 is 17.7 Å². The van der Waals surface area contributed by atoms with Crippen molar-refractivity contribution >= 4 is 11.7 Å². The fourth-order valence-corrected chi connectivity index (χ4v) is 5.22. The first kappa shape index (κ1) is 30.4. The number of aliphatic carboxylic acids is 1. The number of halogens is 1. The molecule has 0 bridgehead atoms. The highest BCUT2D eigenvalue weighted by Crippen LogP contribution is 2.43. The van der Waals surface area contributed by atoms with E-state index in [1.807, 2.05) is 46.8 Å². The van der Waals surface area contributed by atoms with Crippen molar-refractivity contribution in [2.45, 2.75) is 79.4 Å². The Balaban J connectivity index is 1.66. The number of hydrogen-bond donors (Lipinski definition) is 1. The van der Waals surface area contributed by atoms with Crippen LogP contribution in [0.15, 0.2) is 42.7 Å². The lowest BCUT2D eigenvalue weighted by Crippen LogP contribution is -2.39. The molecule has 0 spiro atoms. The van der Waals surface area contributed by atoms with E-state index in [0.717, 1.165) is 48.3 Å². The van der Waals surface area contributed by atoms with Gasteiger partial charge in [-0.25, -0.2) is 9.18 Å². The summed E-state index contributed by atoms with van der Waals surface area (Å²) in [6, 6.07) is 8.52. The number of pyridine rings is 2. The lowest BCUT2D eigenvalue weighted by molar-refractivity contribution is -0.160. The number of hydrogen-bond acceptors (Lipinski definition) is 6. The average Bonchev–Trinajstić information content (AvgIpc) is 2.88. The summed E-state index contributed by atoms with van der Waals surface area (Å²) in [5, 5.41) is 10.3. The van der Waals surface area contributed by atoms with Gasteiger partial charge < -0.3 is 19.5 Å². The molecule has 0 aliphatic carbocycles. The molecule has 2 aromatic heterocycles. The highest BCUT2D eigenvalue weighted by molar-refractivity contribution is 5.85. The molecule has 8 heteroatoms. The highest BCUT2D eigenvalue weighted by Gasteiger charge is 2.36. The number of ether oxygens (including phenoxy) is 2. The molecule has 0 amide bonds. The SMILES string of the molecule is Cc1cc(F)ccc1CCOc1ccc(-c2cnc(C)c([C@H](OC(C)(C)C)C(=O)O)c2N2CCC(C)(C)CC2)nc1. The fourth-order valence-electron chi connectivity index (χ4n) is 5.22. The van der Waals surface area contributed by atoms with Gasteiger partial charge in [0.2, 0.25) is 0 Å². The zero-order chi connectivity index (χ0) is 29.9. The van der Waals surface area contributed by atoms with Gasteiger partial charge in [0.1, 0.15) is 11.6 Å². The third kappa shape index (κ3) is 7.61. The number of carboxylic acids is 1. The number of piperidine rings is 1. The van der Waals surface area contributed by atoms with Crippen LogP contribution in [0.25, 0.3) is 11.3 Å². The molecule has 1 atom stereocenters. The molecule has 1 N–H and O–H groups in total.